The van der Waals surface area contributed by atoms with Gasteiger partial charge < -0.3 is 9.47 Å². The summed E-state index contributed by atoms with van der Waals surface area (Å²) in [6, 6.07) is 0. The van der Waals surface area contributed by atoms with Crippen molar-refractivity contribution in [1.29, 1.82) is 0 Å². The smallest absolute Gasteiger partial charge is 0.353 e. The van der Waals surface area contributed by atoms with E-state index in [1.165, 1.54) is 14.2 Å². The number of alkyl halides is 1. The summed E-state index contributed by atoms with van der Waals surface area (Å²) in [4.78, 5) is 20.1. The molecule has 3 atom stereocenters. The summed E-state index contributed by atoms with van der Waals surface area (Å²) in [5.41, 5.74) is 0. The van der Waals surface area contributed by atoms with Crippen molar-refractivity contribution in [1.82, 2.24) is 0 Å². The van der Waals surface area contributed by atoms with Gasteiger partial charge in [-0.25, -0.2) is 4.39 Å². The van der Waals surface area contributed by atoms with E-state index in [4.69, 9.17) is 14.4 Å². The average molecular weight is 311 g/mol. The van der Waals surface area contributed by atoms with E-state index in [0.29, 0.717) is 19.3 Å². The molecule has 0 aromatic rings. The van der Waals surface area contributed by atoms with Crippen LogP contribution >= 0.6 is 8.25 Å². The second-order valence-corrected chi connectivity index (χ2v) is 5.50. The molecule has 1 rings (SSSR count). The molecular weight excluding hydrogens is 290 g/mol. The first-order valence-corrected chi connectivity index (χ1v) is 7.66. The van der Waals surface area contributed by atoms with Crippen molar-refractivity contribution in [2.45, 2.75) is 44.1 Å². The van der Waals surface area contributed by atoms with E-state index < -0.39 is 31.9 Å². The highest BCUT2D eigenvalue weighted by molar-refractivity contribution is 7.32. The van der Waals surface area contributed by atoms with Crippen molar-refractivity contribution in [3.8, 4) is 0 Å². The number of carbonyl (C=O) groups excluding carboxylic acids is 1. The van der Waals surface area contributed by atoms with Crippen LogP contribution in [0.15, 0.2) is 0 Å². The molecule has 1 aliphatic carbocycles. The predicted octanol–water partition coefficient (Wildman–Crippen LogP) is 2.13. The lowest BCUT2D eigenvalue weighted by Gasteiger charge is -2.41. The number of Topliss-reactive ketones (excluding diaryl/α,β-unsaturated/α-hetero) is 1. The van der Waals surface area contributed by atoms with Crippen LogP contribution in [-0.2, 0) is 23.4 Å². The van der Waals surface area contributed by atoms with Crippen molar-refractivity contribution in [3.63, 3.8) is 0 Å². The molecule has 1 N–H and O–H groups in total. The van der Waals surface area contributed by atoms with Gasteiger partial charge in [0, 0.05) is 31.6 Å². The number of ketones is 1. The van der Waals surface area contributed by atoms with Crippen molar-refractivity contribution < 1.29 is 32.6 Å². The molecule has 116 valence electrons. The van der Waals surface area contributed by atoms with E-state index in [2.05, 4.69) is 4.52 Å². The van der Waals surface area contributed by atoms with Crippen LogP contribution < -0.4 is 0 Å². The molecular formula is C12H21FO6P+. The third-order valence-corrected chi connectivity index (χ3v) is 4.13. The summed E-state index contributed by atoms with van der Waals surface area (Å²) < 4.78 is 39.8. The lowest BCUT2D eigenvalue weighted by molar-refractivity contribution is -0.257. The molecule has 1 saturated carbocycles. The van der Waals surface area contributed by atoms with Gasteiger partial charge in [0.15, 0.2) is 17.7 Å². The van der Waals surface area contributed by atoms with Crippen LogP contribution in [-0.4, -0.2) is 43.5 Å². The quantitative estimate of drug-likeness (QED) is 0.420. The Labute approximate surface area is 118 Å². The lowest BCUT2D eigenvalue weighted by Crippen LogP contribution is -2.50. The van der Waals surface area contributed by atoms with Gasteiger partial charge in [-0.15, -0.1) is 9.42 Å². The number of methoxy groups -OCH3 is 2. The largest absolute Gasteiger partial charge is 0.694 e. The highest BCUT2D eigenvalue weighted by Gasteiger charge is 2.47. The van der Waals surface area contributed by atoms with Crippen molar-refractivity contribution in [2.75, 3.05) is 20.8 Å². The molecule has 3 unspecified atom stereocenters. The summed E-state index contributed by atoms with van der Waals surface area (Å²) in [5.74, 6) is -2.30. The molecule has 6 nitrogen and oxygen atoms in total. The van der Waals surface area contributed by atoms with E-state index >= 15 is 0 Å². The molecule has 20 heavy (non-hydrogen) atoms. The van der Waals surface area contributed by atoms with Crippen LogP contribution in [0.4, 0.5) is 4.39 Å². The zero-order chi connectivity index (χ0) is 15.2. The van der Waals surface area contributed by atoms with Gasteiger partial charge in [0.05, 0.1) is 5.92 Å². The summed E-state index contributed by atoms with van der Waals surface area (Å²) in [6.07, 6.45) is 0.401. The van der Waals surface area contributed by atoms with Crippen LogP contribution in [0.1, 0.15) is 32.1 Å². The number of hydrogen-bond acceptors (Lipinski definition) is 5. The van der Waals surface area contributed by atoms with Crippen LogP contribution in [0.25, 0.3) is 0 Å². The molecule has 0 amide bonds. The fourth-order valence-corrected chi connectivity index (χ4v) is 2.97. The second-order valence-electron chi connectivity index (χ2n) is 4.76. The SMILES string of the molecule is COC(CCCO[P+](=O)O)(OC)C1CCCC(=O)C1F. The molecule has 0 bridgehead atoms. The first kappa shape index (κ1) is 17.6. The monoisotopic (exact) mass is 311 g/mol. The van der Waals surface area contributed by atoms with Gasteiger partial charge in [0.2, 0.25) is 0 Å². The van der Waals surface area contributed by atoms with Crippen LogP contribution in [0, 0.1) is 5.92 Å². The van der Waals surface area contributed by atoms with E-state index in [9.17, 15) is 13.8 Å². The molecule has 1 fully saturated rings. The first-order valence-electron chi connectivity index (χ1n) is 6.53. The Hall–Kier alpha value is -0.460. The highest BCUT2D eigenvalue weighted by Crippen LogP contribution is 2.39. The maximum atomic E-state index is 14.1. The van der Waals surface area contributed by atoms with Gasteiger partial charge in [-0.3, -0.25) is 4.79 Å². The minimum Gasteiger partial charge on any atom is -0.353 e. The van der Waals surface area contributed by atoms with Crippen molar-refractivity contribution in [2.24, 2.45) is 5.92 Å². The standard InChI is InChI=1S/C12H20FO6P/c1-17-12(18-2,7-4-8-19-20(15)16)9-5-3-6-10(14)11(9)13/h9,11H,3-8H2,1-2H3/p+1. The van der Waals surface area contributed by atoms with Gasteiger partial charge in [0.1, 0.15) is 6.61 Å². The number of ether oxygens (including phenoxy) is 2. The fourth-order valence-electron chi connectivity index (χ4n) is 2.68. The summed E-state index contributed by atoms with van der Waals surface area (Å²) in [5, 5.41) is 0. The molecule has 0 saturated heterocycles. The third kappa shape index (κ3) is 4.27. The Balaban J connectivity index is 2.69. The van der Waals surface area contributed by atoms with Gasteiger partial charge in [0.25, 0.3) is 0 Å². The van der Waals surface area contributed by atoms with Crippen molar-refractivity contribution in [3.05, 3.63) is 0 Å². The van der Waals surface area contributed by atoms with Gasteiger partial charge in [-0.2, -0.15) is 0 Å². The molecule has 1 aliphatic rings. The number of carbonyl (C=O) groups is 1. The summed E-state index contributed by atoms with van der Waals surface area (Å²) in [6.45, 7) is 0.0395. The number of rotatable bonds is 8. The molecule has 0 radical (unpaired) electrons. The Bertz CT molecular complexity index is 347. The van der Waals surface area contributed by atoms with Gasteiger partial charge in [-0.05, 0) is 19.3 Å². The minimum atomic E-state index is -2.65. The highest BCUT2D eigenvalue weighted by atomic mass is 31.1. The van der Waals surface area contributed by atoms with Gasteiger partial charge in [-0.1, -0.05) is 0 Å². The van der Waals surface area contributed by atoms with Crippen LogP contribution in [0.2, 0.25) is 0 Å². The lowest BCUT2D eigenvalue weighted by atomic mass is 9.79. The number of halogens is 1. The minimum absolute atomic E-state index is 0.0395. The molecule has 0 aliphatic heterocycles. The predicted molar refractivity (Wildman–Crippen MR) is 69.0 cm³/mol. The first-order chi connectivity index (χ1) is 9.46. The molecule has 0 aromatic heterocycles. The summed E-state index contributed by atoms with van der Waals surface area (Å²) in [7, 11) is 0.164. The van der Waals surface area contributed by atoms with E-state index in [-0.39, 0.29) is 19.4 Å². The zero-order valence-corrected chi connectivity index (χ0v) is 12.6. The van der Waals surface area contributed by atoms with Crippen LogP contribution in [0.5, 0.6) is 0 Å². The van der Waals surface area contributed by atoms with Crippen molar-refractivity contribution >= 4 is 14.0 Å². The van der Waals surface area contributed by atoms with E-state index in [1.54, 1.807) is 0 Å². The molecule has 8 heteroatoms. The molecule has 0 aromatic carbocycles. The average Bonchev–Trinajstić information content (AvgIpc) is 2.43. The Kier molecular flexibility index (Phi) is 7.12. The normalized spacial score (nSPS) is 24.8. The van der Waals surface area contributed by atoms with E-state index in [0.717, 1.165) is 0 Å². The van der Waals surface area contributed by atoms with Gasteiger partial charge >= 0.3 is 8.25 Å². The maximum Gasteiger partial charge on any atom is 0.694 e. The second kappa shape index (κ2) is 8.10. The maximum absolute atomic E-state index is 14.1. The fraction of sp³-hybridized carbons (Fsp3) is 0.917. The zero-order valence-electron chi connectivity index (χ0n) is 11.7. The third-order valence-electron chi connectivity index (χ3n) is 3.73. The summed E-state index contributed by atoms with van der Waals surface area (Å²) >= 11 is 0. The Morgan fingerprint density at radius 3 is 2.65 bits per heavy atom. The topological polar surface area (TPSA) is 82.1 Å². The Morgan fingerprint density at radius 1 is 1.45 bits per heavy atom. The van der Waals surface area contributed by atoms with Crippen LogP contribution in [0.3, 0.4) is 0 Å². The number of hydrogen-bond donors (Lipinski definition) is 1. The Morgan fingerprint density at radius 2 is 2.10 bits per heavy atom. The molecule has 0 heterocycles. The van der Waals surface area contributed by atoms with E-state index in [1.807, 2.05) is 0 Å². The molecule has 0 spiro atoms.